The zero-order valence-electron chi connectivity index (χ0n) is 10.3. The van der Waals surface area contributed by atoms with Crippen LogP contribution in [0.15, 0.2) is 18.2 Å². The molecule has 0 radical (unpaired) electrons. The maximum Gasteiger partial charge on any atom is 0.0955 e. The third-order valence-corrected chi connectivity index (χ3v) is 3.83. The fourth-order valence-corrected chi connectivity index (χ4v) is 2.82. The number of hydrogen-bond acceptors (Lipinski definition) is 2. The predicted molar refractivity (Wildman–Crippen MR) is 70.3 cm³/mol. The Morgan fingerprint density at radius 3 is 2.88 bits per heavy atom. The molecule has 1 aromatic heterocycles. The summed E-state index contributed by atoms with van der Waals surface area (Å²) in [4.78, 5) is 0. The van der Waals surface area contributed by atoms with Crippen molar-refractivity contribution in [1.29, 1.82) is 0 Å². The van der Waals surface area contributed by atoms with E-state index in [-0.39, 0.29) is 0 Å². The van der Waals surface area contributed by atoms with Crippen molar-refractivity contribution in [3.8, 4) is 0 Å². The van der Waals surface area contributed by atoms with Crippen molar-refractivity contribution >= 4 is 10.9 Å². The predicted octanol–water partition coefficient (Wildman–Crippen LogP) is 2.59. The lowest BCUT2D eigenvalue weighted by molar-refractivity contribution is 0.454. The van der Waals surface area contributed by atoms with Crippen molar-refractivity contribution in [3.05, 3.63) is 29.5 Å². The van der Waals surface area contributed by atoms with Gasteiger partial charge < -0.3 is 5.32 Å². The van der Waals surface area contributed by atoms with Gasteiger partial charge in [0.2, 0.25) is 0 Å². The fourth-order valence-electron chi connectivity index (χ4n) is 2.82. The summed E-state index contributed by atoms with van der Waals surface area (Å²) >= 11 is 0. The molecule has 0 saturated carbocycles. The van der Waals surface area contributed by atoms with Crippen LogP contribution >= 0.6 is 0 Å². The number of H-pyrrole nitrogens is 1. The summed E-state index contributed by atoms with van der Waals surface area (Å²) in [6.07, 6.45) is 3.48. The van der Waals surface area contributed by atoms with Crippen LogP contribution in [0.5, 0.6) is 0 Å². The quantitative estimate of drug-likeness (QED) is 0.831. The number of para-hydroxylation sites is 1. The van der Waals surface area contributed by atoms with Crippen molar-refractivity contribution in [1.82, 2.24) is 15.5 Å². The van der Waals surface area contributed by atoms with Crippen LogP contribution in [0.25, 0.3) is 10.9 Å². The third kappa shape index (κ3) is 1.84. The summed E-state index contributed by atoms with van der Waals surface area (Å²) in [5.41, 5.74) is 3.86. The summed E-state index contributed by atoms with van der Waals surface area (Å²) < 4.78 is 0. The Bertz CT molecular complexity index is 509. The molecule has 0 unspecified atom stereocenters. The molecule has 1 fully saturated rings. The van der Waals surface area contributed by atoms with E-state index in [9.17, 15) is 0 Å². The van der Waals surface area contributed by atoms with E-state index < -0.39 is 0 Å². The SMILES string of the molecule is CCc1cccc2c(C3CCNCC3)[nH]nc12. The van der Waals surface area contributed by atoms with Gasteiger partial charge >= 0.3 is 0 Å². The number of nitrogens with zero attached hydrogens (tertiary/aromatic N) is 1. The van der Waals surface area contributed by atoms with Crippen LogP contribution in [0.2, 0.25) is 0 Å². The van der Waals surface area contributed by atoms with E-state index in [1.165, 1.54) is 35.0 Å². The summed E-state index contributed by atoms with van der Waals surface area (Å²) in [5, 5.41) is 12.5. The van der Waals surface area contributed by atoms with Gasteiger partial charge in [0.25, 0.3) is 0 Å². The van der Waals surface area contributed by atoms with Gasteiger partial charge in [-0.2, -0.15) is 5.10 Å². The lowest BCUT2D eigenvalue weighted by Gasteiger charge is -2.21. The second-order valence-electron chi connectivity index (χ2n) is 4.83. The highest BCUT2D eigenvalue weighted by Crippen LogP contribution is 2.30. The normalized spacial score (nSPS) is 17.7. The fraction of sp³-hybridized carbons (Fsp3) is 0.500. The topological polar surface area (TPSA) is 40.7 Å². The zero-order chi connectivity index (χ0) is 11.7. The molecule has 90 valence electrons. The first kappa shape index (κ1) is 10.8. The smallest absolute Gasteiger partial charge is 0.0955 e. The van der Waals surface area contributed by atoms with E-state index in [2.05, 4.69) is 40.6 Å². The number of benzene rings is 1. The second kappa shape index (κ2) is 4.49. The van der Waals surface area contributed by atoms with Gasteiger partial charge in [-0.1, -0.05) is 25.1 Å². The number of aromatic nitrogens is 2. The lowest BCUT2D eigenvalue weighted by Crippen LogP contribution is -2.26. The zero-order valence-corrected chi connectivity index (χ0v) is 10.3. The first-order valence-electron chi connectivity index (χ1n) is 6.56. The van der Waals surface area contributed by atoms with Crippen LogP contribution in [-0.4, -0.2) is 23.3 Å². The average molecular weight is 229 g/mol. The Balaban J connectivity index is 2.05. The molecule has 1 aliphatic heterocycles. The summed E-state index contributed by atoms with van der Waals surface area (Å²) in [6.45, 7) is 4.44. The lowest BCUT2D eigenvalue weighted by atomic mass is 9.92. The molecule has 2 aromatic rings. The van der Waals surface area contributed by atoms with Crippen molar-refractivity contribution in [2.24, 2.45) is 0 Å². The van der Waals surface area contributed by atoms with Crippen LogP contribution in [0, 0.1) is 0 Å². The van der Waals surface area contributed by atoms with Crippen molar-refractivity contribution in [3.63, 3.8) is 0 Å². The van der Waals surface area contributed by atoms with E-state index in [1.807, 2.05) is 0 Å². The van der Waals surface area contributed by atoms with Gasteiger partial charge in [-0.25, -0.2) is 0 Å². The van der Waals surface area contributed by atoms with E-state index in [0.717, 1.165) is 19.5 Å². The second-order valence-corrected chi connectivity index (χ2v) is 4.83. The largest absolute Gasteiger partial charge is 0.317 e. The Hall–Kier alpha value is -1.35. The Kier molecular flexibility index (Phi) is 2.85. The molecule has 0 aliphatic carbocycles. The van der Waals surface area contributed by atoms with Crippen LogP contribution < -0.4 is 5.32 Å². The molecule has 2 N–H and O–H groups in total. The van der Waals surface area contributed by atoms with Crippen molar-refractivity contribution in [2.75, 3.05) is 13.1 Å². The molecule has 17 heavy (non-hydrogen) atoms. The highest BCUT2D eigenvalue weighted by Gasteiger charge is 2.19. The molecule has 0 atom stereocenters. The third-order valence-electron chi connectivity index (χ3n) is 3.83. The van der Waals surface area contributed by atoms with Gasteiger partial charge in [-0.05, 0) is 37.9 Å². The minimum Gasteiger partial charge on any atom is -0.317 e. The molecule has 1 aromatic carbocycles. The molecule has 1 saturated heterocycles. The van der Waals surface area contributed by atoms with Gasteiger partial charge in [0.1, 0.15) is 0 Å². The Morgan fingerprint density at radius 1 is 1.29 bits per heavy atom. The minimum atomic E-state index is 0.647. The molecular weight excluding hydrogens is 210 g/mol. The van der Waals surface area contributed by atoms with Crippen molar-refractivity contribution < 1.29 is 0 Å². The Morgan fingerprint density at radius 2 is 2.12 bits per heavy atom. The average Bonchev–Trinajstić information content (AvgIpc) is 2.83. The van der Waals surface area contributed by atoms with Crippen LogP contribution in [0.3, 0.4) is 0 Å². The first-order valence-corrected chi connectivity index (χ1v) is 6.56. The summed E-state index contributed by atoms with van der Waals surface area (Å²) in [7, 11) is 0. The number of rotatable bonds is 2. The number of hydrogen-bond donors (Lipinski definition) is 2. The van der Waals surface area contributed by atoms with Gasteiger partial charge in [0.15, 0.2) is 0 Å². The monoisotopic (exact) mass is 229 g/mol. The number of aromatic amines is 1. The van der Waals surface area contributed by atoms with E-state index >= 15 is 0 Å². The standard InChI is InChI=1S/C14H19N3/c1-2-10-4-3-5-12-13(10)16-17-14(12)11-6-8-15-9-7-11/h3-5,11,15H,2,6-9H2,1H3,(H,16,17). The Labute approximate surface area is 102 Å². The molecule has 3 nitrogen and oxygen atoms in total. The van der Waals surface area contributed by atoms with Gasteiger partial charge in [0.05, 0.1) is 5.52 Å². The number of piperidine rings is 1. The molecule has 0 bridgehead atoms. The molecular formula is C14H19N3. The summed E-state index contributed by atoms with van der Waals surface area (Å²) in [6, 6.07) is 6.53. The van der Waals surface area contributed by atoms with Crippen LogP contribution in [0.4, 0.5) is 0 Å². The summed E-state index contributed by atoms with van der Waals surface area (Å²) in [5.74, 6) is 0.647. The maximum atomic E-state index is 4.52. The molecule has 3 heteroatoms. The van der Waals surface area contributed by atoms with E-state index in [0.29, 0.717) is 5.92 Å². The minimum absolute atomic E-state index is 0.647. The number of fused-ring (bicyclic) bond motifs is 1. The molecule has 1 aliphatic rings. The van der Waals surface area contributed by atoms with Gasteiger partial charge in [-0.3, -0.25) is 5.10 Å². The van der Waals surface area contributed by atoms with E-state index in [4.69, 9.17) is 0 Å². The molecule has 2 heterocycles. The van der Waals surface area contributed by atoms with Crippen LogP contribution in [0.1, 0.15) is 36.9 Å². The maximum absolute atomic E-state index is 4.52. The first-order chi connectivity index (χ1) is 8.40. The number of aryl methyl sites for hydroxylation is 1. The highest BCUT2D eigenvalue weighted by molar-refractivity contribution is 5.84. The van der Waals surface area contributed by atoms with E-state index in [1.54, 1.807) is 0 Å². The highest BCUT2D eigenvalue weighted by atomic mass is 15.1. The van der Waals surface area contributed by atoms with Gasteiger partial charge in [0, 0.05) is 17.0 Å². The van der Waals surface area contributed by atoms with Gasteiger partial charge in [-0.15, -0.1) is 0 Å². The van der Waals surface area contributed by atoms with Crippen LogP contribution in [-0.2, 0) is 6.42 Å². The van der Waals surface area contributed by atoms with Crippen molar-refractivity contribution in [2.45, 2.75) is 32.1 Å². The molecule has 0 amide bonds. The molecule has 0 spiro atoms. The molecule has 3 rings (SSSR count). The number of nitrogens with one attached hydrogen (secondary N) is 2.